The summed E-state index contributed by atoms with van der Waals surface area (Å²) in [6.45, 7) is 4.91. The van der Waals surface area contributed by atoms with Crippen LogP contribution in [0.2, 0.25) is 5.02 Å². The molecule has 7 heteroatoms. The highest BCUT2D eigenvalue weighted by molar-refractivity contribution is 6.31. The lowest BCUT2D eigenvalue weighted by Gasteiger charge is -2.37. The number of rotatable bonds is 5. The zero-order valence-corrected chi connectivity index (χ0v) is 18.3. The Morgan fingerprint density at radius 1 is 1.10 bits per heavy atom. The lowest BCUT2D eigenvalue weighted by Crippen LogP contribution is -2.50. The fourth-order valence-corrected chi connectivity index (χ4v) is 4.51. The number of fused-ring (bicyclic) bond motifs is 1. The number of amides is 1. The molecule has 0 N–H and O–H groups in total. The Bertz CT molecular complexity index is 914. The molecule has 2 aromatic rings. The molecular weight excluding hydrogens is 403 g/mol. The third kappa shape index (κ3) is 4.25. The molecule has 4 rings (SSSR count). The van der Waals surface area contributed by atoms with Crippen LogP contribution >= 0.6 is 11.6 Å². The molecule has 0 aliphatic carbocycles. The third-order valence-corrected chi connectivity index (χ3v) is 6.25. The van der Waals surface area contributed by atoms with Gasteiger partial charge in [-0.05, 0) is 43.9 Å². The summed E-state index contributed by atoms with van der Waals surface area (Å²) in [5.74, 6) is -0.242. The number of carbonyl (C=O) groups excluding carboxylic acids is 1. The summed E-state index contributed by atoms with van der Waals surface area (Å²) < 4.78 is 14.1. The molecular formula is C23H28ClFN4O. The van der Waals surface area contributed by atoms with Crippen molar-refractivity contribution >= 4 is 28.9 Å². The summed E-state index contributed by atoms with van der Waals surface area (Å²) in [4.78, 5) is 21.8. The van der Waals surface area contributed by atoms with Crippen LogP contribution < -0.4 is 9.80 Å². The van der Waals surface area contributed by atoms with E-state index in [1.807, 2.05) is 48.2 Å². The van der Waals surface area contributed by atoms with Gasteiger partial charge in [-0.15, -0.1) is 0 Å². The minimum absolute atomic E-state index is 0.152. The minimum Gasteiger partial charge on any atom is -0.369 e. The van der Waals surface area contributed by atoms with Gasteiger partial charge in [0.1, 0.15) is 5.82 Å². The molecule has 0 radical (unpaired) electrons. The molecule has 2 heterocycles. The van der Waals surface area contributed by atoms with Crippen molar-refractivity contribution in [3.8, 4) is 0 Å². The first kappa shape index (κ1) is 20.9. The maximum atomic E-state index is 14.1. The number of carbonyl (C=O) groups is 1. The van der Waals surface area contributed by atoms with Gasteiger partial charge in [-0.1, -0.05) is 29.8 Å². The summed E-state index contributed by atoms with van der Waals surface area (Å²) in [7, 11) is 4.10. The first-order valence-electron chi connectivity index (χ1n) is 10.4. The number of anilines is 2. The summed E-state index contributed by atoms with van der Waals surface area (Å²) in [6.07, 6.45) is 0. The van der Waals surface area contributed by atoms with Gasteiger partial charge >= 0.3 is 0 Å². The molecule has 0 bridgehead atoms. The van der Waals surface area contributed by atoms with Crippen molar-refractivity contribution in [1.29, 1.82) is 0 Å². The van der Waals surface area contributed by atoms with Gasteiger partial charge in [0, 0.05) is 56.5 Å². The molecule has 1 saturated heterocycles. The highest BCUT2D eigenvalue weighted by Gasteiger charge is 2.37. The SMILES string of the molecule is CN(C)CCN1CC(C(=O)N2CCN(c3ccccc3F)CC2)c2ccc(Cl)cc21. The van der Waals surface area contributed by atoms with Crippen LogP contribution in [0, 0.1) is 5.82 Å². The zero-order chi connectivity index (χ0) is 21.3. The Kier molecular flexibility index (Phi) is 6.16. The summed E-state index contributed by atoms with van der Waals surface area (Å²) in [6, 6.07) is 12.7. The van der Waals surface area contributed by atoms with Gasteiger partial charge in [0.05, 0.1) is 11.6 Å². The number of para-hydroxylation sites is 1. The normalized spacial score (nSPS) is 18.8. The van der Waals surface area contributed by atoms with E-state index in [4.69, 9.17) is 11.6 Å². The van der Waals surface area contributed by atoms with Crippen LogP contribution in [0.1, 0.15) is 11.5 Å². The van der Waals surface area contributed by atoms with Gasteiger partial charge in [-0.3, -0.25) is 4.79 Å². The van der Waals surface area contributed by atoms with E-state index in [0.29, 0.717) is 43.4 Å². The van der Waals surface area contributed by atoms with Crippen LogP contribution in [0.4, 0.5) is 15.8 Å². The van der Waals surface area contributed by atoms with Crippen LogP contribution in [-0.4, -0.2) is 75.6 Å². The van der Waals surface area contributed by atoms with E-state index in [2.05, 4.69) is 9.80 Å². The van der Waals surface area contributed by atoms with Crippen LogP contribution in [-0.2, 0) is 4.79 Å². The second kappa shape index (κ2) is 8.82. The van der Waals surface area contributed by atoms with Crippen LogP contribution in [0.5, 0.6) is 0 Å². The molecule has 0 saturated carbocycles. The average molecular weight is 431 g/mol. The first-order chi connectivity index (χ1) is 14.4. The molecule has 1 unspecified atom stereocenters. The van der Waals surface area contributed by atoms with Gasteiger partial charge in [-0.2, -0.15) is 0 Å². The van der Waals surface area contributed by atoms with Crippen molar-refractivity contribution in [2.24, 2.45) is 0 Å². The van der Waals surface area contributed by atoms with Gasteiger partial charge in [-0.25, -0.2) is 4.39 Å². The van der Waals surface area contributed by atoms with E-state index in [9.17, 15) is 9.18 Å². The van der Waals surface area contributed by atoms with Crippen molar-refractivity contribution < 1.29 is 9.18 Å². The van der Waals surface area contributed by atoms with E-state index in [-0.39, 0.29) is 17.6 Å². The minimum atomic E-state index is -0.213. The highest BCUT2D eigenvalue weighted by atomic mass is 35.5. The number of piperazine rings is 1. The van der Waals surface area contributed by atoms with E-state index >= 15 is 0 Å². The first-order valence-corrected chi connectivity index (χ1v) is 10.8. The van der Waals surface area contributed by atoms with Gasteiger partial charge in [0.25, 0.3) is 0 Å². The second-order valence-corrected chi connectivity index (χ2v) is 8.71. The van der Waals surface area contributed by atoms with Crippen molar-refractivity contribution in [3.63, 3.8) is 0 Å². The number of hydrogen-bond donors (Lipinski definition) is 0. The van der Waals surface area contributed by atoms with Crippen molar-refractivity contribution in [1.82, 2.24) is 9.80 Å². The largest absolute Gasteiger partial charge is 0.369 e. The number of nitrogens with zero attached hydrogens (tertiary/aromatic N) is 4. The smallest absolute Gasteiger partial charge is 0.232 e. The average Bonchev–Trinajstić information content (AvgIpc) is 3.10. The summed E-state index contributed by atoms with van der Waals surface area (Å²) in [5.41, 5.74) is 2.73. The number of likely N-dealkylation sites (N-methyl/N-ethyl adjacent to an activating group) is 1. The van der Waals surface area contributed by atoms with Crippen molar-refractivity contribution in [2.75, 3.05) is 69.7 Å². The standard InChI is InChI=1S/C23H28ClFN4O/c1-26(2)9-10-29-16-19(18-8-7-17(24)15-22(18)29)23(30)28-13-11-27(12-14-28)21-6-4-3-5-20(21)25/h3-8,15,19H,9-14,16H2,1-2H3. The molecule has 30 heavy (non-hydrogen) atoms. The van der Waals surface area contributed by atoms with Crippen LogP contribution in [0.25, 0.3) is 0 Å². The third-order valence-electron chi connectivity index (χ3n) is 6.01. The Morgan fingerprint density at radius 2 is 1.83 bits per heavy atom. The molecule has 5 nitrogen and oxygen atoms in total. The topological polar surface area (TPSA) is 30.0 Å². The Morgan fingerprint density at radius 3 is 2.53 bits per heavy atom. The Balaban J connectivity index is 1.46. The molecule has 0 spiro atoms. The number of hydrogen-bond acceptors (Lipinski definition) is 4. The Hall–Kier alpha value is -2.31. The second-order valence-electron chi connectivity index (χ2n) is 8.27. The van der Waals surface area contributed by atoms with E-state index in [0.717, 1.165) is 24.3 Å². The van der Waals surface area contributed by atoms with Crippen LogP contribution in [0.15, 0.2) is 42.5 Å². The van der Waals surface area contributed by atoms with Gasteiger partial charge in [0.2, 0.25) is 5.91 Å². The summed E-state index contributed by atoms with van der Waals surface area (Å²) in [5, 5.41) is 0.690. The molecule has 1 atom stereocenters. The highest BCUT2D eigenvalue weighted by Crippen LogP contribution is 2.39. The summed E-state index contributed by atoms with van der Waals surface area (Å²) >= 11 is 6.25. The molecule has 1 amide bonds. The zero-order valence-electron chi connectivity index (χ0n) is 17.5. The van der Waals surface area contributed by atoms with Gasteiger partial charge in [0.15, 0.2) is 0 Å². The van der Waals surface area contributed by atoms with E-state index in [1.54, 1.807) is 12.1 Å². The molecule has 0 aromatic heterocycles. The molecule has 2 aliphatic rings. The quantitative estimate of drug-likeness (QED) is 0.728. The molecule has 2 aromatic carbocycles. The lowest BCUT2D eigenvalue weighted by molar-refractivity contribution is -0.132. The number of halogens is 2. The Labute approximate surface area is 182 Å². The maximum Gasteiger partial charge on any atom is 0.232 e. The molecule has 2 aliphatic heterocycles. The van der Waals surface area contributed by atoms with Crippen molar-refractivity contribution in [2.45, 2.75) is 5.92 Å². The lowest BCUT2D eigenvalue weighted by atomic mass is 9.99. The number of benzene rings is 2. The monoisotopic (exact) mass is 430 g/mol. The molecule has 160 valence electrons. The molecule has 1 fully saturated rings. The predicted molar refractivity (Wildman–Crippen MR) is 120 cm³/mol. The van der Waals surface area contributed by atoms with Gasteiger partial charge < -0.3 is 19.6 Å². The predicted octanol–water partition coefficient (Wildman–Crippen LogP) is 3.29. The van der Waals surface area contributed by atoms with Crippen molar-refractivity contribution in [3.05, 3.63) is 58.9 Å². The van der Waals surface area contributed by atoms with Crippen LogP contribution in [0.3, 0.4) is 0 Å². The fourth-order valence-electron chi connectivity index (χ4n) is 4.34. The van der Waals surface area contributed by atoms with E-state index < -0.39 is 0 Å². The maximum absolute atomic E-state index is 14.1. The fraction of sp³-hybridized carbons (Fsp3) is 0.435. The van der Waals surface area contributed by atoms with E-state index in [1.165, 1.54) is 6.07 Å².